The fourth-order valence-corrected chi connectivity index (χ4v) is 2.63. The van der Waals surface area contributed by atoms with Crippen LogP contribution in [0.1, 0.15) is 5.56 Å². The highest BCUT2D eigenvalue weighted by atomic mass is 127. The van der Waals surface area contributed by atoms with E-state index in [-0.39, 0.29) is 12.2 Å². The predicted octanol–water partition coefficient (Wildman–Crippen LogP) is 3.64. The van der Waals surface area contributed by atoms with Crippen LogP contribution in [0.3, 0.4) is 0 Å². The van der Waals surface area contributed by atoms with Crippen molar-refractivity contribution in [3.63, 3.8) is 0 Å². The molecule has 3 aromatic rings. The first-order valence-corrected chi connectivity index (χ1v) is 6.85. The van der Waals surface area contributed by atoms with Crippen molar-refractivity contribution in [2.45, 2.75) is 6.54 Å². The Kier molecular flexibility index (Phi) is 3.56. The van der Waals surface area contributed by atoms with Crippen LogP contribution in [0.15, 0.2) is 24.4 Å². The predicted molar refractivity (Wildman–Crippen MR) is 75.6 cm³/mol. The molecule has 0 N–H and O–H groups in total. The average Bonchev–Trinajstić information content (AvgIpc) is 2.75. The molecule has 0 aliphatic rings. The van der Waals surface area contributed by atoms with Crippen molar-refractivity contribution in [3.05, 3.63) is 56.9 Å². The second kappa shape index (κ2) is 5.24. The van der Waals surface area contributed by atoms with Gasteiger partial charge in [-0.15, -0.1) is 0 Å². The molecule has 0 unspecified atom stereocenters. The summed E-state index contributed by atoms with van der Waals surface area (Å²) in [4.78, 5) is 3.86. The van der Waals surface area contributed by atoms with E-state index in [0.29, 0.717) is 15.2 Å². The van der Waals surface area contributed by atoms with Crippen molar-refractivity contribution in [1.82, 2.24) is 14.8 Å². The Hall–Kier alpha value is -1.71. The Morgan fingerprint density at radius 2 is 1.81 bits per heavy atom. The number of hydrogen-bond acceptors (Lipinski definition) is 2. The van der Waals surface area contributed by atoms with Gasteiger partial charge in [-0.25, -0.2) is 27.2 Å². The maximum absolute atomic E-state index is 13.7. The number of nitrogens with zero attached hydrogens (tertiary/aromatic N) is 3. The van der Waals surface area contributed by atoms with Gasteiger partial charge >= 0.3 is 0 Å². The molecular weight excluding hydrogens is 401 g/mol. The van der Waals surface area contributed by atoms with Crippen molar-refractivity contribution >= 4 is 33.6 Å². The number of benzene rings is 1. The minimum absolute atomic E-state index is 0.267. The summed E-state index contributed by atoms with van der Waals surface area (Å²) in [5.74, 6) is -3.83. The molecule has 0 radical (unpaired) electrons. The zero-order chi connectivity index (χ0) is 15.1. The van der Waals surface area contributed by atoms with Gasteiger partial charge in [-0.3, -0.25) is 0 Å². The molecule has 21 heavy (non-hydrogen) atoms. The van der Waals surface area contributed by atoms with Crippen molar-refractivity contribution in [1.29, 1.82) is 0 Å². The minimum Gasteiger partial charge on any atom is -0.242 e. The molecule has 108 valence electrons. The lowest BCUT2D eigenvalue weighted by Crippen LogP contribution is -2.08. The molecule has 0 fully saturated rings. The number of hydrogen-bond donors (Lipinski definition) is 0. The molecule has 8 heteroatoms. The molecule has 0 atom stereocenters. The van der Waals surface area contributed by atoms with Crippen LogP contribution in [0, 0.1) is 27.0 Å². The Labute approximate surface area is 129 Å². The van der Waals surface area contributed by atoms with E-state index < -0.39 is 28.8 Å². The third kappa shape index (κ3) is 2.47. The second-order valence-electron chi connectivity index (χ2n) is 4.29. The van der Waals surface area contributed by atoms with Gasteiger partial charge < -0.3 is 0 Å². The molecule has 0 amide bonds. The van der Waals surface area contributed by atoms with Crippen LogP contribution in [0.4, 0.5) is 17.6 Å². The lowest BCUT2D eigenvalue weighted by molar-refractivity contribution is 0.471. The summed E-state index contributed by atoms with van der Waals surface area (Å²) >= 11 is 1.86. The van der Waals surface area contributed by atoms with Gasteiger partial charge in [-0.1, -0.05) is 0 Å². The third-order valence-corrected chi connectivity index (χ3v) is 3.75. The maximum atomic E-state index is 13.7. The largest absolute Gasteiger partial charge is 0.242 e. The van der Waals surface area contributed by atoms with Crippen LogP contribution in [-0.2, 0) is 6.54 Å². The molecule has 0 bridgehead atoms. The number of rotatable bonds is 2. The first-order valence-electron chi connectivity index (χ1n) is 5.77. The Morgan fingerprint density at radius 3 is 2.57 bits per heavy atom. The van der Waals surface area contributed by atoms with Gasteiger partial charge in [0.1, 0.15) is 15.3 Å². The first-order chi connectivity index (χ1) is 9.97. The van der Waals surface area contributed by atoms with E-state index in [1.54, 1.807) is 0 Å². The summed E-state index contributed by atoms with van der Waals surface area (Å²) in [5.41, 5.74) is -0.189. The second-order valence-corrected chi connectivity index (χ2v) is 5.32. The molecule has 3 rings (SSSR count). The lowest BCUT2D eigenvalue weighted by atomic mass is 10.2. The molecule has 1 aromatic carbocycles. The van der Waals surface area contributed by atoms with E-state index in [1.165, 1.54) is 10.7 Å². The molecule has 0 aliphatic heterocycles. The third-order valence-electron chi connectivity index (χ3n) is 2.96. The molecule has 2 aromatic heterocycles. The van der Waals surface area contributed by atoms with Gasteiger partial charge in [-0.2, -0.15) is 5.10 Å². The van der Waals surface area contributed by atoms with E-state index in [4.69, 9.17) is 0 Å². The van der Waals surface area contributed by atoms with Gasteiger partial charge in [0.05, 0.1) is 18.1 Å². The summed E-state index contributed by atoms with van der Waals surface area (Å²) in [6.45, 7) is -0.340. The van der Waals surface area contributed by atoms with Crippen LogP contribution < -0.4 is 0 Å². The van der Waals surface area contributed by atoms with Crippen LogP contribution in [0.2, 0.25) is 0 Å². The van der Waals surface area contributed by atoms with Crippen molar-refractivity contribution in [2.75, 3.05) is 0 Å². The molecule has 2 heterocycles. The first kappa shape index (κ1) is 14.2. The zero-order valence-corrected chi connectivity index (χ0v) is 12.4. The van der Waals surface area contributed by atoms with Crippen LogP contribution in [0.25, 0.3) is 11.0 Å². The minimum atomic E-state index is -1.27. The van der Waals surface area contributed by atoms with Crippen LogP contribution in [-0.4, -0.2) is 14.8 Å². The average molecular weight is 407 g/mol. The SMILES string of the molecule is Fc1cnc2c(c1)c(I)nn2Cc1c(F)ccc(F)c1F. The fraction of sp³-hybridized carbons (Fsp3) is 0.0769. The van der Waals surface area contributed by atoms with E-state index in [2.05, 4.69) is 10.1 Å². The van der Waals surface area contributed by atoms with Gasteiger partial charge in [0.2, 0.25) is 0 Å². The van der Waals surface area contributed by atoms with Crippen LogP contribution in [0.5, 0.6) is 0 Å². The van der Waals surface area contributed by atoms with Crippen molar-refractivity contribution < 1.29 is 17.6 Å². The maximum Gasteiger partial charge on any atom is 0.166 e. The number of halogens is 5. The molecule has 0 saturated carbocycles. The highest BCUT2D eigenvalue weighted by Crippen LogP contribution is 2.22. The van der Waals surface area contributed by atoms with Crippen LogP contribution >= 0.6 is 22.6 Å². The van der Waals surface area contributed by atoms with Gasteiger partial charge in [0.25, 0.3) is 0 Å². The fourth-order valence-electron chi connectivity index (χ4n) is 1.97. The topological polar surface area (TPSA) is 30.7 Å². The van der Waals surface area contributed by atoms with Gasteiger partial charge in [0, 0.05) is 5.56 Å². The number of pyridine rings is 1. The summed E-state index contributed by atoms with van der Waals surface area (Å²) in [6, 6.07) is 2.79. The molecule has 0 aliphatic carbocycles. The zero-order valence-electron chi connectivity index (χ0n) is 10.2. The van der Waals surface area contributed by atoms with E-state index in [0.717, 1.165) is 12.3 Å². The summed E-state index contributed by atoms with van der Waals surface area (Å²) < 4.78 is 55.3. The van der Waals surface area contributed by atoms with Crippen molar-refractivity contribution in [3.8, 4) is 0 Å². The van der Waals surface area contributed by atoms with E-state index in [9.17, 15) is 17.6 Å². The normalized spacial score (nSPS) is 11.3. The lowest BCUT2D eigenvalue weighted by Gasteiger charge is -2.06. The monoisotopic (exact) mass is 407 g/mol. The molecular formula is C13H6F4IN3. The molecule has 0 saturated heterocycles. The standard InChI is InChI=1S/C13H6F4IN3/c14-6-3-7-12(18)20-21(13(7)19-4-6)5-8-9(15)1-2-10(16)11(8)17/h1-4H,5H2. The summed E-state index contributed by atoms with van der Waals surface area (Å²) in [5, 5.41) is 4.48. The Balaban J connectivity index is 2.13. The highest BCUT2D eigenvalue weighted by molar-refractivity contribution is 14.1. The molecule has 3 nitrogen and oxygen atoms in total. The summed E-state index contributed by atoms with van der Waals surface area (Å²) in [6.07, 6.45) is 0.981. The summed E-state index contributed by atoms with van der Waals surface area (Å²) in [7, 11) is 0. The number of aromatic nitrogens is 3. The molecule has 0 spiro atoms. The number of fused-ring (bicyclic) bond motifs is 1. The Bertz CT molecular complexity index is 847. The van der Waals surface area contributed by atoms with Gasteiger partial charge in [0.15, 0.2) is 17.3 Å². The van der Waals surface area contributed by atoms with Gasteiger partial charge in [-0.05, 0) is 40.8 Å². The quantitative estimate of drug-likeness (QED) is 0.369. The smallest absolute Gasteiger partial charge is 0.166 e. The van der Waals surface area contributed by atoms with Crippen molar-refractivity contribution in [2.24, 2.45) is 0 Å². The van der Waals surface area contributed by atoms with E-state index in [1.807, 2.05) is 22.6 Å². The Morgan fingerprint density at radius 1 is 1.10 bits per heavy atom. The van der Waals surface area contributed by atoms with E-state index >= 15 is 0 Å². The highest BCUT2D eigenvalue weighted by Gasteiger charge is 2.17.